The number of urea groups is 1. The van der Waals surface area contributed by atoms with Crippen LogP contribution in [0.15, 0.2) is 29.2 Å². The van der Waals surface area contributed by atoms with E-state index >= 15 is 0 Å². The molecule has 1 atom stereocenters. The minimum atomic E-state index is -0.903. The van der Waals surface area contributed by atoms with Crippen LogP contribution < -0.4 is 11.1 Å². The molecule has 1 rings (SSSR count). The lowest BCUT2D eigenvalue weighted by Gasteiger charge is -2.18. The van der Waals surface area contributed by atoms with Gasteiger partial charge in [0.1, 0.15) is 5.82 Å². The molecule has 0 fully saturated rings. The Balaban J connectivity index is 2.84. The summed E-state index contributed by atoms with van der Waals surface area (Å²) >= 11 is 1.08. The van der Waals surface area contributed by atoms with E-state index in [1.807, 2.05) is 19.2 Å². The number of primary amides is 1. The SMILES string of the molecule is CC(C)[C@@H](Sc1ccccc1F)C(=O)NC(N)=O. The van der Waals surface area contributed by atoms with E-state index in [-0.39, 0.29) is 11.7 Å². The summed E-state index contributed by atoms with van der Waals surface area (Å²) in [6.45, 7) is 3.64. The van der Waals surface area contributed by atoms with Gasteiger partial charge in [0.2, 0.25) is 5.91 Å². The summed E-state index contributed by atoms with van der Waals surface area (Å²) in [4.78, 5) is 22.8. The third-order valence-corrected chi connectivity index (χ3v) is 3.80. The zero-order valence-electron chi connectivity index (χ0n) is 10.1. The zero-order chi connectivity index (χ0) is 13.7. The van der Waals surface area contributed by atoms with Crippen molar-refractivity contribution in [2.24, 2.45) is 11.7 Å². The summed E-state index contributed by atoms with van der Waals surface area (Å²) in [6.07, 6.45) is 0. The smallest absolute Gasteiger partial charge is 0.318 e. The number of benzene rings is 1. The predicted molar refractivity (Wildman–Crippen MR) is 68.6 cm³/mol. The van der Waals surface area contributed by atoms with E-state index in [0.29, 0.717) is 4.90 Å². The second-order valence-electron chi connectivity index (χ2n) is 4.07. The molecule has 3 amide bonds. The summed E-state index contributed by atoms with van der Waals surface area (Å²) in [7, 11) is 0. The van der Waals surface area contributed by atoms with Crippen LogP contribution in [0, 0.1) is 11.7 Å². The molecule has 98 valence electrons. The van der Waals surface area contributed by atoms with Crippen LogP contribution in [0.1, 0.15) is 13.8 Å². The number of imide groups is 1. The fraction of sp³-hybridized carbons (Fsp3) is 0.333. The van der Waals surface area contributed by atoms with Crippen molar-refractivity contribution in [1.29, 1.82) is 0 Å². The van der Waals surface area contributed by atoms with E-state index in [4.69, 9.17) is 5.73 Å². The van der Waals surface area contributed by atoms with Gasteiger partial charge in [0.05, 0.1) is 5.25 Å². The van der Waals surface area contributed by atoms with Crippen molar-refractivity contribution < 1.29 is 14.0 Å². The van der Waals surface area contributed by atoms with E-state index in [9.17, 15) is 14.0 Å². The highest BCUT2D eigenvalue weighted by Gasteiger charge is 2.25. The van der Waals surface area contributed by atoms with Gasteiger partial charge in [-0.2, -0.15) is 0 Å². The van der Waals surface area contributed by atoms with Gasteiger partial charge in [0.15, 0.2) is 0 Å². The van der Waals surface area contributed by atoms with Crippen LogP contribution in [-0.2, 0) is 4.79 Å². The van der Waals surface area contributed by atoms with Crippen LogP contribution in [0.3, 0.4) is 0 Å². The molecule has 1 aromatic carbocycles. The van der Waals surface area contributed by atoms with Crippen molar-refractivity contribution in [3.63, 3.8) is 0 Å². The number of nitrogens with two attached hydrogens (primary N) is 1. The molecule has 0 spiro atoms. The third kappa shape index (κ3) is 4.03. The number of hydrogen-bond donors (Lipinski definition) is 2. The molecular weight excluding hydrogens is 255 g/mol. The molecule has 0 saturated carbocycles. The Kier molecular flexibility index (Phi) is 5.15. The Morgan fingerprint density at radius 3 is 2.44 bits per heavy atom. The highest BCUT2D eigenvalue weighted by Crippen LogP contribution is 2.30. The van der Waals surface area contributed by atoms with Crippen LogP contribution in [0.25, 0.3) is 0 Å². The average Bonchev–Trinajstić information content (AvgIpc) is 2.26. The van der Waals surface area contributed by atoms with Gasteiger partial charge in [0.25, 0.3) is 0 Å². The first-order chi connectivity index (χ1) is 8.41. The number of carbonyl (C=O) groups is 2. The fourth-order valence-electron chi connectivity index (χ4n) is 1.36. The van der Waals surface area contributed by atoms with Crippen molar-refractivity contribution >= 4 is 23.7 Å². The molecule has 6 heteroatoms. The molecule has 0 radical (unpaired) electrons. The Bertz CT molecular complexity index is 451. The Morgan fingerprint density at radius 1 is 1.33 bits per heavy atom. The van der Waals surface area contributed by atoms with Gasteiger partial charge >= 0.3 is 6.03 Å². The molecule has 0 aliphatic rings. The Labute approximate surface area is 109 Å². The van der Waals surface area contributed by atoms with Crippen molar-refractivity contribution in [3.8, 4) is 0 Å². The number of nitrogens with one attached hydrogen (secondary N) is 1. The van der Waals surface area contributed by atoms with E-state index in [0.717, 1.165) is 11.8 Å². The van der Waals surface area contributed by atoms with Crippen molar-refractivity contribution in [3.05, 3.63) is 30.1 Å². The molecule has 4 nitrogen and oxygen atoms in total. The summed E-state index contributed by atoms with van der Waals surface area (Å²) < 4.78 is 13.5. The minimum absolute atomic E-state index is 0.0612. The van der Waals surface area contributed by atoms with E-state index in [1.54, 1.807) is 18.2 Å². The molecule has 0 unspecified atom stereocenters. The summed E-state index contributed by atoms with van der Waals surface area (Å²) in [5, 5.41) is 1.45. The maximum Gasteiger partial charge on any atom is 0.318 e. The molecule has 0 aromatic heterocycles. The topological polar surface area (TPSA) is 72.2 Å². The van der Waals surface area contributed by atoms with Crippen LogP contribution >= 0.6 is 11.8 Å². The Morgan fingerprint density at radius 2 is 1.94 bits per heavy atom. The van der Waals surface area contributed by atoms with Crippen LogP contribution in [0.5, 0.6) is 0 Å². The number of rotatable bonds is 4. The molecule has 0 bridgehead atoms. The van der Waals surface area contributed by atoms with Crippen molar-refractivity contribution in [1.82, 2.24) is 5.32 Å². The molecule has 18 heavy (non-hydrogen) atoms. The van der Waals surface area contributed by atoms with Gasteiger partial charge in [-0.15, -0.1) is 11.8 Å². The molecular formula is C12H15FN2O2S. The Hall–Kier alpha value is -1.56. The summed E-state index contributed by atoms with van der Waals surface area (Å²) in [5.74, 6) is -0.959. The van der Waals surface area contributed by atoms with E-state index in [1.165, 1.54) is 6.07 Å². The maximum atomic E-state index is 13.5. The highest BCUT2D eigenvalue weighted by molar-refractivity contribution is 8.00. The van der Waals surface area contributed by atoms with E-state index < -0.39 is 17.2 Å². The quantitative estimate of drug-likeness (QED) is 0.823. The monoisotopic (exact) mass is 270 g/mol. The molecule has 0 saturated heterocycles. The first-order valence-electron chi connectivity index (χ1n) is 5.43. The third-order valence-electron chi connectivity index (χ3n) is 2.20. The van der Waals surface area contributed by atoms with Crippen LogP contribution in [0.2, 0.25) is 0 Å². The van der Waals surface area contributed by atoms with Crippen LogP contribution in [-0.4, -0.2) is 17.2 Å². The van der Waals surface area contributed by atoms with Crippen molar-refractivity contribution in [2.45, 2.75) is 24.0 Å². The average molecular weight is 270 g/mol. The van der Waals surface area contributed by atoms with E-state index in [2.05, 4.69) is 0 Å². The number of halogens is 1. The first kappa shape index (κ1) is 14.5. The first-order valence-corrected chi connectivity index (χ1v) is 6.31. The maximum absolute atomic E-state index is 13.5. The largest absolute Gasteiger partial charge is 0.351 e. The van der Waals surface area contributed by atoms with Gasteiger partial charge in [-0.05, 0) is 18.1 Å². The number of thioether (sulfide) groups is 1. The lowest BCUT2D eigenvalue weighted by atomic mass is 10.1. The number of carbonyl (C=O) groups excluding carboxylic acids is 2. The molecule has 0 aliphatic carbocycles. The molecule has 0 aliphatic heterocycles. The molecule has 0 heterocycles. The molecule has 1 aromatic rings. The number of hydrogen-bond acceptors (Lipinski definition) is 3. The standard InChI is InChI=1S/C12H15FN2O2S/c1-7(2)10(11(16)15-12(14)17)18-9-6-4-3-5-8(9)13/h3-7,10H,1-2H3,(H3,14,15,16,17)/t10-/m1/s1. The predicted octanol–water partition coefficient (Wildman–Crippen LogP) is 2.14. The lowest BCUT2D eigenvalue weighted by Crippen LogP contribution is -2.42. The van der Waals surface area contributed by atoms with Gasteiger partial charge in [-0.1, -0.05) is 26.0 Å². The summed E-state index contributed by atoms with van der Waals surface area (Å²) in [6, 6.07) is 5.28. The zero-order valence-corrected chi connectivity index (χ0v) is 11.0. The van der Waals surface area contributed by atoms with Crippen molar-refractivity contribution in [2.75, 3.05) is 0 Å². The van der Waals surface area contributed by atoms with Gasteiger partial charge in [-0.3, -0.25) is 10.1 Å². The fourth-order valence-corrected chi connectivity index (χ4v) is 2.41. The second kappa shape index (κ2) is 6.39. The number of amides is 3. The normalized spacial score (nSPS) is 12.2. The van der Waals surface area contributed by atoms with Crippen LogP contribution in [0.4, 0.5) is 9.18 Å². The van der Waals surface area contributed by atoms with Gasteiger partial charge < -0.3 is 5.73 Å². The minimum Gasteiger partial charge on any atom is -0.351 e. The highest BCUT2D eigenvalue weighted by atomic mass is 32.2. The second-order valence-corrected chi connectivity index (χ2v) is 5.25. The van der Waals surface area contributed by atoms with Gasteiger partial charge in [-0.25, -0.2) is 9.18 Å². The summed E-state index contributed by atoms with van der Waals surface area (Å²) in [5.41, 5.74) is 4.90. The van der Waals surface area contributed by atoms with Gasteiger partial charge in [0, 0.05) is 4.90 Å². The molecule has 3 N–H and O–H groups in total. The lowest BCUT2D eigenvalue weighted by molar-refractivity contribution is -0.120.